The first-order valence-corrected chi connectivity index (χ1v) is 7.83. The summed E-state index contributed by atoms with van der Waals surface area (Å²) in [6, 6.07) is 5.63. The van der Waals surface area contributed by atoms with Crippen LogP contribution in [0.3, 0.4) is 0 Å². The Bertz CT molecular complexity index is 660. The molecule has 5 nitrogen and oxygen atoms in total. The number of hydrogen-bond acceptors (Lipinski definition) is 3. The van der Waals surface area contributed by atoms with Crippen LogP contribution in [0.1, 0.15) is 30.9 Å². The molecule has 0 saturated heterocycles. The SMILES string of the molecule is O=C(Cc1cccc(F)c1)N[C@@H]1CCC[C@@H](n2ccnc2)[C@@H]1O. The van der Waals surface area contributed by atoms with Gasteiger partial charge in [-0.3, -0.25) is 4.79 Å². The van der Waals surface area contributed by atoms with Crippen molar-refractivity contribution >= 4 is 5.91 Å². The minimum Gasteiger partial charge on any atom is -0.389 e. The van der Waals surface area contributed by atoms with E-state index >= 15 is 0 Å². The van der Waals surface area contributed by atoms with Crippen LogP contribution in [0.25, 0.3) is 0 Å². The zero-order chi connectivity index (χ0) is 16.2. The number of imidazole rings is 1. The summed E-state index contributed by atoms with van der Waals surface area (Å²) in [7, 11) is 0. The molecule has 1 heterocycles. The van der Waals surface area contributed by atoms with Crippen molar-refractivity contribution in [2.75, 3.05) is 0 Å². The molecule has 0 aliphatic heterocycles. The molecular formula is C17H20FN3O2. The summed E-state index contributed by atoms with van der Waals surface area (Å²) in [5, 5.41) is 13.4. The van der Waals surface area contributed by atoms with Gasteiger partial charge in [0.05, 0.1) is 30.9 Å². The minimum atomic E-state index is -0.658. The van der Waals surface area contributed by atoms with Crippen molar-refractivity contribution in [2.45, 2.75) is 43.9 Å². The van der Waals surface area contributed by atoms with E-state index in [9.17, 15) is 14.3 Å². The standard InChI is InChI=1S/C17H20FN3O2/c18-13-4-1-3-12(9-13)10-16(22)20-14-5-2-6-15(17(14)23)21-8-7-19-11-21/h1,3-4,7-9,11,14-15,17,23H,2,5-6,10H2,(H,20,22)/t14-,15-,17-/m1/s1. The number of hydrogen-bond donors (Lipinski definition) is 2. The Morgan fingerprint density at radius 2 is 2.30 bits per heavy atom. The predicted octanol–water partition coefficient (Wildman–Crippen LogP) is 1.84. The molecule has 0 unspecified atom stereocenters. The Kier molecular flexibility index (Phi) is 4.71. The second-order valence-electron chi connectivity index (χ2n) is 5.98. The molecule has 23 heavy (non-hydrogen) atoms. The topological polar surface area (TPSA) is 67.2 Å². The molecule has 0 spiro atoms. The Morgan fingerprint density at radius 1 is 1.43 bits per heavy atom. The number of aliphatic hydroxyl groups is 1. The smallest absolute Gasteiger partial charge is 0.224 e. The molecule has 2 N–H and O–H groups in total. The van der Waals surface area contributed by atoms with Crippen molar-refractivity contribution in [1.82, 2.24) is 14.9 Å². The van der Waals surface area contributed by atoms with Gasteiger partial charge in [0, 0.05) is 12.4 Å². The number of halogens is 1. The highest BCUT2D eigenvalue weighted by molar-refractivity contribution is 5.78. The fourth-order valence-electron chi connectivity index (χ4n) is 3.20. The maximum Gasteiger partial charge on any atom is 0.224 e. The predicted molar refractivity (Wildman–Crippen MR) is 83.2 cm³/mol. The van der Waals surface area contributed by atoms with Gasteiger partial charge in [0.2, 0.25) is 5.91 Å². The second-order valence-corrected chi connectivity index (χ2v) is 5.98. The van der Waals surface area contributed by atoms with Crippen LogP contribution in [0.5, 0.6) is 0 Å². The summed E-state index contributed by atoms with van der Waals surface area (Å²) in [5.74, 6) is -0.556. The molecule has 1 saturated carbocycles. The van der Waals surface area contributed by atoms with Crippen molar-refractivity contribution in [3.8, 4) is 0 Å². The number of nitrogens with zero attached hydrogens (tertiary/aromatic N) is 2. The highest BCUT2D eigenvalue weighted by atomic mass is 19.1. The van der Waals surface area contributed by atoms with E-state index in [1.165, 1.54) is 12.1 Å². The maximum absolute atomic E-state index is 13.2. The van der Waals surface area contributed by atoms with E-state index in [-0.39, 0.29) is 30.2 Å². The largest absolute Gasteiger partial charge is 0.389 e. The van der Waals surface area contributed by atoms with Gasteiger partial charge in [-0.2, -0.15) is 0 Å². The Balaban J connectivity index is 1.61. The van der Waals surface area contributed by atoms with Gasteiger partial charge in [0.1, 0.15) is 5.82 Å². The fraction of sp³-hybridized carbons (Fsp3) is 0.412. The zero-order valence-electron chi connectivity index (χ0n) is 12.7. The molecule has 1 aliphatic rings. The molecule has 1 aliphatic carbocycles. The molecule has 0 radical (unpaired) electrons. The van der Waals surface area contributed by atoms with Gasteiger partial charge in [0.25, 0.3) is 0 Å². The first kappa shape index (κ1) is 15.7. The van der Waals surface area contributed by atoms with E-state index in [0.29, 0.717) is 5.56 Å². The number of nitrogens with one attached hydrogen (secondary N) is 1. The lowest BCUT2D eigenvalue weighted by Gasteiger charge is -2.35. The number of amides is 1. The van der Waals surface area contributed by atoms with Crippen molar-refractivity contribution in [2.24, 2.45) is 0 Å². The van der Waals surface area contributed by atoms with E-state index in [2.05, 4.69) is 10.3 Å². The van der Waals surface area contributed by atoms with Crippen LogP contribution in [-0.2, 0) is 11.2 Å². The summed E-state index contributed by atoms with van der Waals surface area (Å²) >= 11 is 0. The molecule has 0 bridgehead atoms. The first-order chi connectivity index (χ1) is 11.1. The van der Waals surface area contributed by atoms with Gasteiger partial charge >= 0.3 is 0 Å². The first-order valence-electron chi connectivity index (χ1n) is 7.83. The molecule has 1 amide bonds. The zero-order valence-corrected chi connectivity index (χ0v) is 12.7. The van der Waals surface area contributed by atoms with Gasteiger partial charge in [0.15, 0.2) is 0 Å². The van der Waals surface area contributed by atoms with E-state index in [0.717, 1.165) is 19.3 Å². The van der Waals surface area contributed by atoms with Gasteiger partial charge in [-0.15, -0.1) is 0 Å². The average Bonchev–Trinajstić information content (AvgIpc) is 3.03. The summed E-state index contributed by atoms with van der Waals surface area (Å²) in [5.41, 5.74) is 0.624. The monoisotopic (exact) mass is 317 g/mol. The fourth-order valence-corrected chi connectivity index (χ4v) is 3.20. The number of carbonyl (C=O) groups is 1. The number of aliphatic hydroxyl groups excluding tert-OH is 1. The van der Waals surface area contributed by atoms with Gasteiger partial charge in [-0.25, -0.2) is 9.37 Å². The summed E-state index contributed by atoms with van der Waals surface area (Å²) in [6.07, 6.45) is 7.15. The number of carbonyl (C=O) groups excluding carboxylic acids is 1. The van der Waals surface area contributed by atoms with Gasteiger partial charge < -0.3 is 15.0 Å². The van der Waals surface area contributed by atoms with Crippen LogP contribution < -0.4 is 5.32 Å². The highest BCUT2D eigenvalue weighted by Crippen LogP contribution is 2.28. The minimum absolute atomic E-state index is 0.0780. The molecule has 1 aromatic carbocycles. The van der Waals surface area contributed by atoms with Gasteiger partial charge in [-0.05, 0) is 37.0 Å². The molecule has 3 atom stereocenters. The van der Waals surface area contributed by atoms with E-state index in [1.54, 1.807) is 24.7 Å². The third kappa shape index (κ3) is 3.76. The Hall–Kier alpha value is -2.21. The third-order valence-electron chi connectivity index (χ3n) is 4.33. The van der Waals surface area contributed by atoms with Gasteiger partial charge in [-0.1, -0.05) is 12.1 Å². The van der Waals surface area contributed by atoms with Crippen LogP contribution in [-0.4, -0.2) is 32.7 Å². The van der Waals surface area contributed by atoms with Crippen LogP contribution in [0.4, 0.5) is 4.39 Å². The van der Waals surface area contributed by atoms with E-state index in [1.807, 2.05) is 10.8 Å². The molecule has 6 heteroatoms. The summed E-state index contributed by atoms with van der Waals surface area (Å²) in [4.78, 5) is 16.2. The molecule has 1 aromatic heterocycles. The maximum atomic E-state index is 13.2. The Labute approximate surface area is 134 Å². The van der Waals surface area contributed by atoms with E-state index < -0.39 is 6.10 Å². The van der Waals surface area contributed by atoms with Crippen molar-refractivity contribution < 1.29 is 14.3 Å². The summed E-state index contributed by atoms with van der Waals surface area (Å²) < 4.78 is 15.1. The summed E-state index contributed by atoms with van der Waals surface area (Å²) in [6.45, 7) is 0. The van der Waals surface area contributed by atoms with Crippen LogP contribution in [0.2, 0.25) is 0 Å². The number of benzene rings is 1. The second kappa shape index (κ2) is 6.91. The average molecular weight is 317 g/mol. The van der Waals surface area contributed by atoms with Crippen LogP contribution in [0, 0.1) is 5.82 Å². The number of rotatable bonds is 4. The molecule has 3 rings (SSSR count). The lowest BCUT2D eigenvalue weighted by atomic mass is 9.87. The highest BCUT2D eigenvalue weighted by Gasteiger charge is 2.33. The molecule has 1 fully saturated rings. The normalized spacial score (nSPS) is 24.3. The van der Waals surface area contributed by atoms with Crippen molar-refractivity contribution in [3.63, 3.8) is 0 Å². The quantitative estimate of drug-likeness (QED) is 0.904. The van der Waals surface area contributed by atoms with Crippen molar-refractivity contribution in [1.29, 1.82) is 0 Å². The molecule has 2 aromatic rings. The lowest BCUT2D eigenvalue weighted by molar-refractivity contribution is -0.122. The lowest BCUT2D eigenvalue weighted by Crippen LogP contribution is -2.49. The third-order valence-corrected chi connectivity index (χ3v) is 4.33. The Morgan fingerprint density at radius 3 is 3.04 bits per heavy atom. The van der Waals surface area contributed by atoms with Crippen LogP contribution in [0.15, 0.2) is 43.0 Å². The van der Waals surface area contributed by atoms with E-state index in [4.69, 9.17) is 0 Å². The molecular weight excluding hydrogens is 297 g/mol. The van der Waals surface area contributed by atoms with Crippen molar-refractivity contribution in [3.05, 3.63) is 54.4 Å². The molecule has 122 valence electrons. The number of aromatic nitrogens is 2. The van der Waals surface area contributed by atoms with Crippen LogP contribution >= 0.6 is 0 Å².